The van der Waals surface area contributed by atoms with E-state index >= 15 is 0 Å². The van der Waals surface area contributed by atoms with E-state index in [1.807, 2.05) is 54.3 Å². The second-order valence-electron chi connectivity index (χ2n) is 6.48. The first kappa shape index (κ1) is 16.9. The summed E-state index contributed by atoms with van der Waals surface area (Å²) >= 11 is 1.72. The number of carbonyl (C=O) groups excluding carboxylic acids is 1. The molecule has 0 radical (unpaired) electrons. The Balaban J connectivity index is 1.54. The van der Waals surface area contributed by atoms with Gasteiger partial charge in [-0.15, -0.1) is 11.3 Å². The lowest BCUT2D eigenvalue weighted by Crippen LogP contribution is -2.38. The maximum atomic E-state index is 13.1. The van der Waals surface area contributed by atoms with Gasteiger partial charge in [-0.05, 0) is 50.5 Å². The van der Waals surface area contributed by atoms with Crippen LogP contribution < -0.4 is 4.90 Å². The van der Waals surface area contributed by atoms with E-state index < -0.39 is 0 Å². The van der Waals surface area contributed by atoms with Gasteiger partial charge in [-0.2, -0.15) is 0 Å². The van der Waals surface area contributed by atoms with Crippen LogP contribution in [0.1, 0.15) is 23.9 Å². The summed E-state index contributed by atoms with van der Waals surface area (Å²) in [7, 11) is 0. The number of pyridine rings is 1. The Morgan fingerprint density at radius 1 is 1.19 bits per heavy atom. The third kappa shape index (κ3) is 3.27. The number of para-hydroxylation sites is 1. The third-order valence-corrected chi connectivity index (χ3v) is 6.04. The van der Waals surface area contributed by atoms with Gasteiger partial charge in [0.1, 0.15) is 5.01 Å². The summed E-state index contributed by atoms with van der Waals surface area (Å²) in [6.45, 7) is 2.73. The summed E-state index contributed by atoms with van der Waals surface area (Å²) in [5.41, 5.74) is 3.24. The van der Waals surface area contributed by atoms with Gasteiger partial charge in [0.25, 0.3) is 0 Å². The van der Waals surface area contributed by atoms with Crippen LogP contribution in [0.15, 0.2) is 54.9 Å². The average molecular weight is 363 g/mol. The Bertz CT molecular complexity index is 892. The SMILES string of the molecule is CCN(C(=O)C1CCc2nc(-c3ccncc3)sc2C1)c1ccccc1. The molecular formula is C21H21N3OS. The molecule has 1 aliphatic rings. The molecule has 4 nitrogen and oxygen atoms in total. The van der Waals surface area contributed by atoms with E-state index in [9.17, 15) is 4.79 Å². The lowest BCUT2D eigenvalue weighted by molar-refractivity contribution is -0.122. The second-order valence-corrected chi connectivity index (χ2v) is 7.57. The van der Waals surface area contributed by atoms with Crippen LogP contribution >= 0.6 is 11.3 Å². The second kappa shape index (κ2) is 7.38. The zero-order valence-electron chi connectivity index (χ0n) is 14.8. The molecular weight excluding hydrogens is 342 g/mol. The number of amides is 1. The van der Waals surface area contributed by atoms with Crippen LogP contribution in [0.3, 0.4) is 0 Å². The van der Waals surface area contributed by atoms with E-state index in [0.29, 0.717) is 6.54 Å². The number of benzene rings is 1. The molecule has 26 heavy (non-hydrogen) atoms. The predicted molar refractivity (Wildman–Crippen MR) is 105 cm³/mol. The van der Waals surface area contributed by atoms with E-state index in [0.717, 1.165) is 41.2 Å². The zero-order chi connectivity index (χ0) is 17.9. The molecule has 3 aromatic rings. The number of anilines is 1. The van der Waals surface area contributed by atoms with Crippen molar-refractivity contribution in [2.75, 3.05) is 11.4 Å². The number of nitrogens with zero attached hydrogens (tertiary/aromatic N) is 3. The van der Waals surface area contributed by atoms with Gasteiger partial charge in [-0.3, -0.25) is 9.78 Å². The molecule has 0 N–H and O–H groups in total. The number of hydrogen-bond acceptors (Lipinski definition) is 4. The Hall–Kier alpha value is -2.53. The van der Waals surface area contributed by atoms with Gasteiger partial charge in [0.2, 0.25) is 5.91 Å². The third-order valence-electron chi connectivity index (χ3n) is 4.87. The summed E-state index contributed by atoms with van der Waals surface area (Å²) in [5, 5.41) is 1.03. The van der Waals surface area contributed by atoms with Gasteiger partial charge < -0.3 is 4.90 Å². The number of fused-ring (bicyclic) bond motifs is 1. The molecule has 0 saturated carbocycles. The van der Waals surface area contributed by atoms with Crippen molar-refractivity contribution in [3.05, 3.63) is 65.4 Å². The van der Waals surface area contributed by atoms with Crippen molar-refractivity contribution < 1.29 is 4.79 Å². The van der Waals surface area contributed by atoms with Gasteiger partial charge in [-0.1, -0.05) is 18.2 Å². The standard InChI is InChI=1S/C21H21N3OS/c1-2-24(17-6-4-3-5-7-17)21(25)16-8-9-18-19(14-16)26-20(23-18)15-10-12-22-13-11-15/h3-7,10-13,16H,2,8-9,14H2,1H3. The number of hydrogen-bond donors (Lipinski definition) is 0. The molecule has 0 fully saturated rings. The predicted octanol–water partition coefficient (Wildman–Crippen LogP) is 4.36. The molecule has 0 saturated heterocycles. The quantitative estimate of drug-likeness (QED) is 0.692. The lowest BCUT2D eigenvalue weighted by atomic mass is 9.89. The zero-order valence-corrected chi connectivity index (χ0v) is 15.6. The minimum Gasteiger partial charge on any atom is -0.312 e. The fourth-order valence-electron chi connectivity index (χ4n) is 3.50. The Morgan fingerprint density at radius 3 is 2.69 bits per heavy atom. The van der Waals surface area contributed by atoms with Crippen LogP contribution in [-0.2, 0) is 17.6 Å². The maximum Gasteiger partial charge on any atom is 0.230 e. The normalized spacial score (nSPS) is 16.1. The molecule has 2 heterocycles. The first-order valence-corrected chi connectivity index (χ1v) is 9.83. The van der Waals surface area contributed by atoms with Crippen LogP contribution in [0.25, 0.3) is 10.6 Å². The highest BCUT2D eigenvalue weighted by atomic mass is 32.1. The number of aromatic nitrogens is 2. The summed E-state index contributed by atoms with van der Waals surface area (Å²) < 4.78 is 0. The first-order valence-electron chi connectivity index (χ1n) is 9.01. The average Bonchev–Trinajstić information content (AvgIpc) is 3.13. The molecule has 0 spiro atoms. The molecule has 132 valence electrons. The lowest BCUT2D eigenvalue weighted by Gasteiger charge is -2.28. The van der Waals surface area contributed by atoms with Crippen molar-refractivity contribution in [1.29, 1.82) is 0 Å². The molecule has 1 aromatic carbocycles. The van der Waals surface area contributed by atoms with Crippen molar-refractivity contribution in [2.45, 2.75) is 26.2 Å². The first-order chi connectivity index (χ1) is 12.8. The minimum atomic E-state index is 0.0356. The highest BCUT2D eigenvalue weighted by Gasteiger charge is 2.30. The van der Waals surface area contributed by atoms with Crippen molar-refractivity contribution in [3.8, 4) is 10.6 Å². The van der Waals surface area contributed by atoms with Gasteiger partial charge >= 0.3 is 0 Å². The molecule has 0 bridgehead atoms. The van der Waals surface area contributed by atoms with Crippen LogP contribution in [0, 0.1) is 5.92 Å². The van der Waals surface area contributed by atoms with Crippen LogP contribution in [0.2, 0.25) is 0 Å². The highest BCUT2D eigenvalue weighted by Crippen LogP contribution is 2.35. The molecule has 2 aromatic heterocycles. The molecule has 1 unspecified atom stereocenters. The molecule has 5 heteroatoms. The van der Waals surface area contributed by atoms with E-state index in [1.165, 1.54) is 4.88 Å². The highest BCUT2D eigenvalue weighted by molar-refractivity contribution is 7.15. The smallest absolute Gasteiger partial charge is 0.230 e. The van der Waals surface area contributed by atoms with Gasteiger partial charge in [0, 0.05) is 41.0 Å². The summed E-state index contributed by atoms with van der Waals surface area (Å²) in [4.78, 5) is 25.2. The van der Waals surface area contributed by atoms with Crippen LogP contribution in [-0.4, -0.2) is 22.4 Å². The van der Waals surface area contributed by atoms with Crippen LogP contribution in [0.5, 0.6) is 0 Å². The van der Waals surface area contributed by atoms with E-state index in [2.05, 4.69) is 4.98 Å². The number of rotatable bonds is 4. The fourth-order valence-corrected chi connectivity index (χ4v) is 4.69. The van der Waals surface area contributed by atoms with Crippen molar-refractivity contribution in [3.63, 3.8) is 0 Å². The van der Waals surface area contributed by atoms with Crippen molar-refractivity contribution in [1.82, 2.24) is 9.97 Å². The molecule has 1 amide bonds. The van der Waals surface area contributed by atoms with Crippen molar-refractivity contribution in [2.24, 2.45) is 5.92 Å². The number of aryl methyl sites for hydroxylation is 1. The minimum absolute atomic E-state index is 0.0356. The molecule has 4 rings (SSSR count). The van der Waals surface area contributed by atoms with Gasteiger partial charge in [0.05, 0.1) is 5.69 Å². The van der Waals surface area contributed by atoms with Gasteiger partial charge in [0.15, 0.2) is 0 Å². The summed E-state index contributed by atoms with van der Waals surface area (Å²) in [5.74, 6) is 0.261. The van der Waals surface area contributed by atoms with Crippen molar-refractivity contribution >= 4 is 22.9 Å². The van der Waals surface area contributed by atoms with Crippen LogP contribution in [0.4, 0.5) is 5.69 Å². The number of carbonyl (C=O) groups is 1. The summed E-state index contributed by atoms with van der Waals surface area (Å²) in [6.07, 6.45) is 6.12. The monoisotopic (exact) mass is 363 g/mol. The molecule has 0 aliphatic heterocycles. The topological polar surface area (TPSA) is 46.1 Å². The Kier molecular flexibility index (Phi) is 4.80. The summed E-state index contributed by atoms with van der Waals surface area (Å²) in [6, 6.07) is 13.9. The Labute approximate surface area is 157 Å². The van der Waals surface area contributed by atoms with Gasteiger partial charge in [-0.25, -0.2) is 4.98 Å². The van der Waals surface area contributed by atoms with E-state index in [4.69, 9.17) is 4.98 Å². The fraction of sp³-hybridized carbons (Fsp3) is 0.286. The van der Waals surface area contributed by atoms with E-state index in [1.54, 1.807) is 23.7 Å². The molecule has 1 atom stereocenters. The number of thiazole rings is 1. The molecule has 1 aliphatic carbocycles. The Morgan fingerprint density at radius 2 is 1.96 bits per heavy atom. The van der Waals surface area contributed by atoms with E-state index in [-0.39, 0.29) is 11.8 Å². The maximum absolute atomic E-state index is 13.1. The largest absolute Gasteiger partial charge is 0.312 e.